The van der Waals surface area contributed by atoms with Crippen molar-refractivity contribution in [3.05, 3.63) is 59.1 Å². The van der Waals surface area contributed by atoms with Gasteiger partial charge in [0, 0.05) is 30.9 Å². The van der Waals surface area contributed by atoms with Crippen molar-refractivity contribution in [3.63, 3.8) is 0 Å². The predicted molar refractivity (Wildman–Crippen MR) is 113 cm³/mol. The largest absolute Gasteiger partial charge is 0.369 e. The molecule has 1 fully saturated rings. The van der Waals surface area contributed by atoms with Crippen LogP contribution < -0.4 is 11.1 Å². The molecule has 144 valence electrons. The standard InChI is InChI=1S/C23H32N4/c1-22(2)9-10-23(3,4)20-13-16(5-6-19(20)22)21-25-11-7-18(14-26-21)27-12-8-17(24)15-27/h5-7,11,13-14,17H,8-10,12,15,24H2,1-4H3,(H,25,26). The SMILES string of the molecule is CC1(C)CCC(C)(C)c2cc(C3=NC=C(N4CCC(N)C4)C=CN3)ccc21. The third kappa shape index (κ3) is 3.43. The van der Waals surface area contributed by atoms with E-state index in [0.717, 1.165) is 36.6 Å². The van der Waals surface area contributed by atoms with Crippen molar-refractivity contribution in [2.24, 2.45) is 10.7 Å². The number of hydrogen-bond donors (Lipinski definition) is 2. The fraction of sp³-hybridized carbons (Fsp3) is 0.522. The van der Waals surface area contributed by atoms with Gasteiger partial charge in [0.2, 0.25) is 0 Å². The van der Waals surface area contributed by atoms with Gasteiger partial charge in [-0.15, -0.1) is 0 Å². The molecule has 0 bridgehead atoms. The molecular formula is C23H32N4. The summed E-state index contributed by atoms with van der Waals surface area (Å²) in [5, 5.41) is 3.38. The highest BCUT2D eigenvalue weighted by atomic mass is 15.2. The molecule has 0 aromatic heterocycles. The molecule has 2 aliphatic heterocycles. The molecule has 1 aliphatic carbocycles. The maximum Gasteiger partial charge on any atom is 0.137 e. The van der Waals surface area contributed by atoms with E-state index in [1.165, 1.54) is 24.0 Å². The van der Waals surface area contributed by atoms with Crippen LogP contribution in [0.15, 0.2) is 47.4 Å². The molecular weight excluding hydrogens is 332 g/mol. The van der Waals surface area contributed by atoms with E-state index in [-0.39, 0.29) is 16.9 Å². The van der Waals surface area contributed by atoms with E-state index in [9.17, 15) is 0 Å². The quantitative estimate of drug-likeness (QED) is 0.840. The minimum Gasteiger partial charge on any atom is -0.369 e. The lowest BCUT2D eigenvalue weighted by Crippen LogP contribution is -2.34. The van der Waals surface area contributed by atoms with Crippen molar-refractivity contribution >= 4 is 5.84 Å². The van der Waals surface area contributed by atoms with Gasteiger partial charge < -0.3 is 16.0 Å². The van der Waals surface area contributed by atoms with E-state index in [4.69, 9.17) is 10.7 Å². The van der Waals surface area contributed by atoms with Crippen LogP contribution in [0.25, 0.3) is 0 Å². The summed E-state index contributed by atoms with van der Waals surface area (Å²) in [6.07, 6.45) is 9.56. The fourth-order valence-corrected chi connectivity index (χ4v) is 4.52. The molecule has 4 heteroatoms. The fourth-order valence-electron chi connectivity index (χ4n) is 4.52. The van der Waals surface area contributed by atoms with Gasteiger partial charge in [0.05, 0.1) is 11.9 Å². The Morgan fingerprint density at radius 3 is 2.56 bits per heavy atom. The average molecular weight is 365 g/mol. The van der Waals surface area contributed by atoms with Gasteiger partial charge in [0.1, 0.15) is 5.84 Å². The molecule has 0 saturated carbocycles. The number of nitrogens with one attached hydrogen (secondary N) is 1. The second-order valence-corrected chi connectivity index (χ2v) is 9.53. The lowest BCUT2D eigenvalue weighted by Gasteiger charge is -2.42. The van der Waals surface area contributed by atoms with E-state index >= 15 is 0 Å². The Morgan fingerprint density at radius 1 is 1.11 bits per heavy atom. The minimum absolute atomic E-state index is 0.203. The number of nitrogens with two attached hydrogens (primary N) is 1. The first kappa shape index (κ1) is 18.3. The molecule has 1 aromatic rings. The highest BCUT2D eigenvalue weighted by Crippen LogP contribution is 2.45. The second-order valence-electron chi connectivity index (χ2n) is 9.53. The van der Waals surface area contributed by atoms with E-state index in [1.54, 1.807) is 0 Å². The lowest BCUT2D eigenvalue weighted by molar-refractivity contribution is 0.332. The molecule has 1 aromatic carbocycles. The van der Waals surface area contributed by atoms with Crippen molar-refractivity contribution in [3.8, 4) is 0 Å². The van der Waals surface area contributed by atoms with Crippen LogP contribution in [-0.4, -0.2) is 29.9 Å². The average Bonchev–Trinajstić information content (AvgIpc) is 2.91. The first-order valence-electron chi connectivity index (χ1n) is 10.1. The maximum absolute atomic E-state index is 6.06. The zero-order valence-corrected chi connectivity index (χ0v) is 17.0. The topological polar surface area (TPSA) is 53.6 Å². The zero-order chi connectivity index (χ0) is 19.2. The van der Waals surface area contributed by atoms with Crippen LogP contribution in [0.5, 0.6) is 0 Å². The Balaban J connectivity index is 1.67. The molecule has 0 spiro atoms. The molecule has 3 N–H and O–H groups in total. The molecule has 3 aliphatic rings. The van der Waals surface area contributed by atoms with Crippen LogP contribution in [0, 0.1) is 0 Å². The Morgan fingerprint density at radius 2 is 1.85 bits per heavy atom. The number of fused-ring (bicyclic) bond motifs is 1. The van der Waals surface area contributed by atoms with E-state index < -0.39 is 0 Å². The summed E-state index contributed by atoms with van der Waals surface area (Å²) >= 11 is 0. The van der Waals surface area contributed by atoms with Crippen LogP contribution in [0.2, 0.25) is 0 Å². The summed E-state index contributed by atoms with van der Waals surface area (Å²) in [5.74, 6) is 0.909. The summed E-state index contributed by atoms with van der Waals surface area (Å²) in [5.41, 5.74) is 11.7. The van der Waals surface area contributed by atoms with Crippen LogP contribution in [-0.2, 0) is 10.8 Å². The zero-order valence-electron chi connectivity index (χ0n) is 17.0. The molecule has 4 nitrogen and oxygen atoms in total. The van der Waals surface area contributed by atoms with Gasteiger partial charge in [-0.2, -0.15) is 0 Å². The number of likely N-dealkylation sites (tertiary alicyclic amines) is 1. The molecule has 2 heterocycles. The molecule has 0 amide bonds. The van der Waals surface area contributed by atoms with E-state index in [0.29, 0.717) is 0 Å². The number of allylic oxidation sites excluding steroid dienone is 1. The van der Waals surface area contributed by atoms with Gasteiger partial charge in [-0.1, -0.05) is 39.8 Å². The van der Waals surface area contributed by atoms with Crippen molar-refractivity contribution in [1.29, 1.82) is 0 Å². The van der Waals surface area contributed by atoms with Gasteiger partial charge in [-0.3, -0.25) is 0 Å². The van der Waals surface area contributed by atoms with E-state index in [1.807, 2.05) is 12.4 Å². The Kier molecular flexibility index (Phi) is 4.42. The summed E-state index contributed by atoms with van der Waals surface area (Å²) in [6, 6.07) is 7.14. The van der Waals surface area contributed by atoms with Gasteiger partial charge in [0.15, 0.2) is 0 Å². The highest BCUT2D eigenvalue weighted by Gasteiger charge is 2.37. The van der Waals surface area contributed by atoms with Crippen molar-refractivity contribution in [2.45, 2.75) is 63.8 Å². The highest BCUT2D eigenvalue weighted by molar-refractivity contribution is 6.00. The summed E-state index contributed by atoms with van der Waals surface area (Å²) in [4.78, 5) is 7.09. The molecule has 27 heavy (non-hydrogen) atoms. The van der Waals surface area contributed by atoms with Crippen molar-refractivity contribution in [2.75, 3.05) is 13.1 Å². The van der Waals surface area contributed by atoms with Gasteiger partial charge >= 0.3 is 0 Å². The third-order valence-corrected chi connectivity index (χ3v) is 6.52. The number of hydrogen-bond acceptors (Lipinski definition) is 4. The number of aliphatic imine (C=N–C) groups is 1. The van der Waals surface area contributed by atoms with Gasteiger partial charge in [0.25, 0.3) is 0 Å². The molecule has 4 rings (SSSR count). The third-order valence-electron chi connectivity index (χ3n) is 6.52. The summed E-state index contributed by atoms with van der Waals surface area (Å²) < 4.78 is 0. The Hall–Kier alpha value is -2.07. The monoisotopic (exact) mass is 364 g/mol. The molecule has 1 saturated heterocycles. The number of amidine groups is 1. The normalized spacial score (nSPS) is 26.0. The number of benzene rings is 1. The Bertz CT molecular complexity index is 829. The van der Waals surface area contributed by atoms with E-state index in [2.05, 4.69) is 62.2 Å². The smallest absolute Gasteiger partial charge is 0.137 e. The summed E-state index contributed by atoms with van der Waals surface area (Å²) in [7, 11) is 0. The van der Waals surface area contributed by atoms with Crippen LogP contribution in [0.4, 0.5) is 0 Å². The molecule has 1 atom stereocenters. The van der Waals surface area contributed by atoms with Crippen LogP contribution in [0.1, 0.15) is 63.6 Å². The summed E-state index contributed by atoms with van der Waals surface area (Å²) in [6.45, 7) is 11.4. The number of nitrogens with zero attached hydrogens (tertiary/aromatic N) is 2. The van der Waals surface area contributed by atoms with Crippen molar-refractivity contribution < 1.29 is 0 Å². The molecule has 1 unspecified atom stereocenters. The first-order valence-corrected chi connectivity index (χ1v) is 10.1. The predicted octanol–water partition coefficient (Wildman–Crippen LogP) is 3.77. The van der Waals surface area contributed by atoms with Gasteiger partial charge in [-0.05, 0) is 53.4 Å². The van der Waals surface area contributed by atoms with Crippen LogP contribution in [0.3, 0.4) is 0 Å². The van der Waals surface area contributed by atoms with Gasteiger partial charge in [-0.25, -0.2) is 4.99 Å². The maximum atomic E-state index is 6.06. The number of rotatable bonds is 2. The second kappa shape index (κ2) is 6.52. The Labute approximate surface area is 163 Å². The first-order chi connectivity index (χ1) is 12.8. The van der Waals surface area contributed by atoms with Crippen molar-refractivity contribution in [1.82, 2.24) is 10.2 Å². The lowest BCUT2D eigenvalue weighted by atomic mass is 9.63. The van der Waals surface area contributed by atoms with Crippen LogP contribution >= 0.6 is 0 Å². The molecule has 0 radical (unpaired) electrons. The minimum atomic E-state index is 0.203.